The lowest BCUT2D eigenvalue weighted by molar-refractivity contribution is 0.800. The number of para-hydroxylation sites is 1. The molecule has 0 unspecified atom stereocenters. The molecule has 5 nitrogen and oxygen atoms in total. The topological polar surface area (TPSA) is 69.6 Å². The van der Waals surface area contributed by atoms with E-state index in [0.717, 1.165) is 11.0 Å². The molecule has 1 aromatic carbocycles. The second kappa shape index (κ2) is 4.15. The molecule has 0 bridgehead atoms. The lowest BCUT2D eigenvalue weighted by atomic mass is 10.3. The molecular weight excluding hydrogens is 246 g/mol. The van der Waals surface area contributed by atoms with Crippen LogP contribution in [0.15, 0.2) is 42.5 Å². The highest BCUT2D eigenvalue weighted by molar-refractivity contribution is 7.80. The molecule has 88 valence electrons. The predicted octanol–water partition coefficient (Wildman–Crippen LogP) is 1.45. The number of thiocarbonyl (C=S) groups is 1. The minimum atomic E-state index is 0.265. The van der Waals surface area contributed by atoms with E-state index in [1.54, 1.807) is 10.7 Å². The fraction of sp³-hybridized carbons (Fsp3) is 0. The third-order valence-corrected chi connectivity index (χ3v) is 2.76. The number of nitrogens with zero attached hydrogens (tertiary/aromatic N) is 4. The van der Waals surface area contributed by atoms with E-state index in [9.17, 15) is 0 Å². The molecule has 0 amide bonds. The van der Waals surface area contributed by atoms with Gasteiger partial charge in [0, 0.05) is 0 Å². The Morgan fingerprint density at radius 3 is 2.78 bits per heavy atom. The summed E-state index contributed by atoms with van der Waals surface area (Å²) in [5, 5.41) is 8.16. The van der Waals surface area contributed by atoms with Crippen LogP contribution >= 0.6 is 12.2 Å². The van der Waals surface area contributed by atoms with Crippen LogP contribution in [0.1, 0.15) is 5.69 Å². The van der Waals surface area contributed by atoms with Crippen molar-refractivity contribution in [2.45, 2.75) is 0 Å². The zero-order valence-corrected chi connectivity index (χ0v) is 10.1. The molecule has 2 heterocycles. The number of nitrogens with two attached hydrogens (primary N) is 1. The fourth-order valence-corrected chi connectivity index (χ4v) is 1.83. The summed E-state index contributed by atoms with van der Waals surface area (Å²) in [6, 6.07) is 13.1. The first-order valence-electron chi connectivity index (χ1n) is 5.33. The van der Waals surface area contributed by atoms with E-state index in [2.05, 4.69) is 15.3 Å². The van der Waals surface area contributed by atoms with Gasteiger partial charge >= 0.3 is 0 Å². The number of hydrogen-bond donors (Lipinski definition) is 1. The molecule has 6 heteroatoms. The van der Waals surface area contributed by atoms with Crippen LogP contribution in [0.2, 0.25) is 0 Å². The maximum Gasteiger partial charge on any atom is 0.156 e. The second-order valence-corrected chi connectivity index (χ2v) is 4.18. The van der Waals surface area contributed by atoms with Gasteiger partial charge < -0.3 is 5.73 Å². The minimum absolute atomic E-state index is 0.265. The molecule has 2 aromatic heterocycles. The van der Waals surface area contributed by atoms with Crippen molar-refractivity contribution in [1.29, 1.82) is 0 Å². The van der Waals surface area contributed by atoms with Gasteiger partial charge in [0.15, 0.2) is 5.82 Å². The standard InChI is InChI=1S/C12H9N5S/c13-12(18)9-5-3-7-11(14-9)17-10-6-2-1-4-8(10)15-16-17/h1-7H,(H2,13,18). The molecule has 0 atom stereocenters. The Morgan fingerprint density at radius 2 is 1.94 bits per heavy atom. The molecule has 0 spiro atoms. The molecule has 0 saturated heterocycles. The van der Waals surface area contributed by atoms with Crippen molar-refractivity contribution < 1.29 is 0 Å². The summed E-state index contributed by atoms with van der Waals surface area (Å²) >= 11 is 4.92. The number of hydrogen-bond acceptors (Lipinski definition) is 4. The van der Waals surface area contributed by atoms with Crippen LogP contribution in [0.5, 0.6) is 0 Å². The zero-order chi connectivity index (χ0) is 12.5. The normalized spacial score (nSPS) is 10.7. The van der Waals surface area contributed by atoms with E-state index >= 15 is 0 Å². The SMILES string of the molecule is NC(=S)c1cccc(-n2nnc3ccccc32)n1. The first-order chi connectivity index (χ1) is 8.75. The van der Waals surface area contributed by atoms with Crippen LogP contribution < -0.4 is 5.73 Å². The van der Waals surface area contributed by atoms with Crippen LogP contribution in [-0.4, -0.2) is 25.0 Å². The van der Waals surface area contributed by atoms with E-state index in [0.29, 0.717) is 11.5 Å². The molecule has 0 radical (unpaired) electrons. The van der Waals surface area contributed by atoms with E-state index in [1.807, 2.05) is 36.4 Å². The maximum absolute atomic E-state index is 5.57. The Kier molecular flexibility index (Phi) is 2.49. The fourth-order valence-electron chi connectivity index (χ4n) is 1.72. The van der Waals surface area contributed by atoms with E-state index in [4.69, 9.17) is 18.0 Å². The van der Waals surface area contributed by atoms with E-state index < -0.39 is 0 Å². The number of pyridine rings is 1. The highest BCUT2D eigenvalue weighted by Gasteiger charge is 2.07. The Balaban J connectivity index is 2.20. The van der Waals surface area contributed by atoms with Crippen molar-refractivity contribution in [3.63, 3.8) is 0 Å². The van der Waals surface area contributed by atoms with Crippen molar-refractivity contribution in [1.82, 2.24) is 20.0 Å². The van der Waals surface area contributed by atoms with Gasteiger partial charge in [-0.15, -0.1) is 5.10 Å². The first-order valence-corrected chi connectivity index (χ1v) is 5.74. The second-order valence-electron chi connectivity index (χ2n) is 3.74. The summed E-state index contributed by atoms with van der Waals surface area (Å²) in [5.41, 5.74) is 7.86. The molecule has 2 N–H and O–H groups in total. The maximum atomic E-state index is 5.57. The summed E-state index contributed by atoms with van der Waals surface area (Å²) < 4.78 is 1.66. The summed E-state index contributed by atoms with van der Waals surface area (Å²) in [5.74, 6) is 0.647. The molecule has 3 aromatic rings. The third-order valence-electron chi connectivity index (χ3n) is 2.56. The van der Waals surface area contributed by atoms with Gasteiger partial charge in [0.25, 0.3) is 0 Å². The van der Waals surface area contributed by atoms with Crippen molar-refractivity contribution in [2.24, 2.45) is 5.73 Å². The highest BCUT2D eigenvalue weighted by Crippen LogP contribution is 2.14. The molecule has 3 rings (SSSR count). The molecule has 0 aliphatic heterocycles. The van der Waals surface area contributed by atoms with Crippen molar-refractivity contribution in [2.75, 3.05) is 0 Å². The Hall–Kier alpha value is -2.34. The van der Waals surface area contributed by atoms with Crippen LogP contribution in [0.25, 0.3) is 16.9 Å². The summed E-state index contributed by atoms with van der Waals surface area (Å²) in [6.07, 6.45) is 0. The first kappa shape index (κ1) is 10.8. The molecular formula is C12H9N5S. The predicted molar refractivity (Wildman–Crippen MR) is 72.5 cm³/mol. The quantitative estimate of drug-likeness (QED) is 0.702. The Labute approximate surface area is 108 Å². The Bertz CT molecular complexity index is 734. The van der Waals surface area contributed by atoms with Gasteiger partial charge in [-0.1, -0.05) is 35.6 Å². The number of aromatic nitrogens is 4. The van der Waals surface area contributed by atoms with Crippen LogP contribution in [0, 0.1) is 0 Å². The molecule has 0 aliphatic rings. The van der Waals surface area contributed by atoms with E-state index in [-0.39, 0.29) is 4.99 Å². The van der Waals surface area contributed by atoms with Gasteiger partial charge in [-0.25, -0.2) is 4.98 Å². The highest BCUT2D eigenvalue weighted by atomic mass is 32.1. The van der Waals surface area contributed by atoms with Gasteiger partial charge in [0.2, 0.25) is 0 Å². The van der Waals surface area contributed by atoms with Gasteiger partial charge in [-0.3, -0.25) is 0 Å². The summed E-state index contributed by atoms with van der Waals surface area (Å²) in [7, 11) is 0. The molecule has 0 aliphatic carbocycles. The van der Waals surface area contributed by atoms with Crippen molar-refractivity contribution >= 4 is 28.2 Å². The summed E-state index contributed by atoms with van der Waals surface area (Å²) in [4.78, 5) is 4.62. The Morgan fingerprint density at radius 1 is 1.11 bits per heavy atom. The van der Waals surface area contributed by atoms with Crippen molar-refractivity contribution in [3.8, 4) is 5.82 Å². The average Bonchev–Trinajstić information content (AvgIpc) is 2.82. The van der Waals surface area contributed by atoms with Crippen LogP contribution in [0.4, 0.5) is 0 Å². The smallest absolute Gasteiger partial charge is 0.156 e. The minimum Gasteiger partial charge on any atom is -0.388 e. The third kappa shape index (κ3) is 1.72. The lowest BCUT2D eigenvalue weighted by Crippen LogP contribution is -2.13. The number of fused-ring (bicyclic) bond motifs is 1. The molecule has 0 fully saturated rings. The summed E-state index contributed by atoms with van der Waals surface area (Å²) in [6.45, 7) is 0. The van der Waals surface area contributed by atoms with Gasteiger partial charge in [0.05, 0.1) is 11.2 Å². The number of rotatable bonds is 2. The number of benzene rings is 1. The lowest BCUT2D eigenvalue weighted by Gasteiger charge is -2.03. The van der Waals surface area contributed by atoms with E-state index in [1.165, 1.54) is 0 Å². The van der Waals surface area contributed by atoms with Gasteiger partial charge in [-0.2, -0.15) is 4.68 Å². The molecule has 18 heavy (non-hydrogen) atoms. The van der Waals surface area contributed by atoms with Gasteiger partial charge in [-0.05, 0) is 24.3 Å². The van der Waals surface area contributed by atoms with Crippen LogP contribution in [-0.2, 0) is 0 Å². The van der Waals surface area contributed by atoms with Crippen LogP contribution in [0.3, 0.4) is 0 Å². The van der Waals surface area contributed by atoms with Crippen molar-refractivity contribution in [3.05, 3.63) is 48.2 Å². The average molecular weight is 255 g/mol. The monoisotopic (exact) mass is 255 g/mol. The van der Waals surface area contributed by atoms with Gasteiger partial charge in [0.1, 0.15) is 10.5 Å². The largest absolute Gasteiger partial charge is 0.388 e. The zero-order valence-electron chi connectivity index (χ0n) is 9.32. The molecule has 0 saturated carbocycles.